The summed E-state index contributed by atoms with van der Waals surface area (Å²) in [7, 11) is 1.16. The highest BCUT2D eigenvalue weighted by Crippen LogP contribution is 2.36. The first-order valence-corrected chi connectivity index (χ1v) is 9.78. The van der Waals surface area contributed by atoms with Gasteiger partial charge in [0.1, 0.15) is 11.9 Å². The number of aliphatic hydroxyl groups excluding tert-OH is 1. The maximum atomic E-state index is 11.8. The van der Waals surface area contributed by atoms with E-state index in [9.17, 15) is 34.4 Å². The van der Waals surface area contributed by atoms with Crippen molar-refractivity contribution in [2.45, 2.75) is 51.5 Å². The number of hydrogen-bond acceptors (Lipinski definition) is 13. The average molecular weight is 485 g/mol. The second-order valence-corrected chi connectivity index (χ2v) is 7.00. The van der Waals surface area contributed by atoms with E-state index in [1.54, 1.807) is 0 Å². The van der Waals surface area contributed by atoms with Crippen LogP contribution in [0.2, 0.25) is 0 Å². The summed E-state index contributed by atoms with van der Waals surface area (Å²) < 4.78 is 31.9. The topological polar surface area (TPSA) is 187 Å². The van der Waals surface area contributed by atoms with Crippen LogP contribution in [-0.2, 0) is 33.3 Å². The fraction of sp³-hybridized carbons (Fsp3) is 0.500. The molecule has 1 saturated heterocycles. The summed E-state index contributed by atoms with van der Waals surface area (Å²) in [4.78, 5) is 57.2. The first-order chi connectivity index (χ1) is 16.0. The predicted molar refractivity (Wildman–Crippen MR) is 108 cm³/mol. The van der Waals surface area contributed by atoms with Crippen molar-refractivity contribution in [1.82, 2.24) is 0 Å². The van der Waals surface area contributed by atoms with Gasteiger partial charge in [0, 0.05) is 32.9 Å². The highest BCUT2D eigenvalue weighted by molar-refractivity contribution is 5.82. The number of nitro groups is 1. The lowest BCUT2D eigenvalue weighted by Crippen LogP contribution is -2.63. The maximum Gasteiger partial charge on any atom is 0.311 e. The summed E-state index contributed by atoms with van der Waals surface area (Å²) in [6, 6.07) is 1.95. The molecule has 1 fully saturated rings. The van der Waals surface area contributed by atoms with Crippen LogP contribution in [0.15, 0.2) is 12.1 Å². The number of esters is 3. The lowest BCUT2D eigenvalue weighted by Gasteiger charge is -2.43. The van der Waals surface area contributed by atoms with Gasteiger partial charge in [0.25, 0.3) is 0 Å². The molecular weight excluding hydrogens is 462 g/mol. The van der Waals surface area contributed by atoms with Crippen LogP contribution in [0.4, 0.5) is 5.69 Å². The number of aldehydes is 1. The molecule has 1 aromatic rings. The molecule has 14 nitrogen and oxygen atoms in total. The van der Waals surface area contributed by atoms with Crippen LogP contribution in [0.25, 0.3) is 0 Å². The number of benzene rings is 1. The van der Waals surface area contributed by atoms with Crippen LogP contribution in [0, 0.1) is 10.1 Å². The second-order valence-electron chi connectivity index (χ2n) is 7.00. The minimum atomic E-state index is -1.61. The quantitative estimate of drug-likeness (QED) is 0.166. The molecule has 1 aliphatic rings. The van der Waals surface area contributed by atoms with E-state index in [0.29, 0.717) is 0 Å². The van der Waals surface area contributed by atoms with Gasteiger partial charge in [-0.1, -0.05) is 0 Å². The first-order valence-electron chi connectivity index (χ1n) is 9.78. The van der Waals surface area contributed by atoms with E-state index in [1.165, 1.54) is 0 Å². The van der Waals surface area contributed by atoms with Crippen molar-refractivity contribution in [3.63, 3.8) is 0 Å². The lowest BCUT2D eigenvalue weighted by atomic mass is 9.98. The Labute approximate surface area is 192 Å². The zero-order valence-electron chi connectivity index (χ0n) is 18.6. The number of nitrogens with zero attached hydrogens (tertiary/aromatic N) is 1. The van der Waals surface area contributed by atoms with Crippen LogP contribution >= 0.6 is 0 Å². The number of ether oxygens (including phenoxy) is 6. The van der Waals surface area contributed by atoms with Crippen molar-refractivity contribution in [3.05, 3.63) is 27.8 Å². The summed E-state index contributed by atoms with van der Waals surface area (Å²) in [5, 5.41) is 21.0. The lowest BCUT2D eigenvalue weighted by molar-refractivity contribution is -0.385. The van der Waals surface area contributed by atoms with Gasteiger partial charge in [-0.05, 0) is 0 Å². The Bertz CT molecular complexity index is 962. The van der Waals surface area contributed by atoms with Gasteiger partial charge in [-0.25, -0.2) is 0 Å². The van der Waals surface area contributed by atoms with Gasteiger partial charge in [0.2, 0.25) is 18.1 Å². The SMILES string of the molecule is COc1cc(O[C@@H]2O[C@H](CO)[C@@H](OC(C)=O)[C@H](OC(C)=O)[C@H]2OC(C)=O)c(C=O)cc1[N+](=O)[O-]. The molecule has 1 heterocycles. The van der Waals surface area contributed by atoms with Crippen LogP contribution < -0.4 is 9.47 Å². The Balaban J connectivity index is 2.56. The van der Waals surface area contributed by atoms with E-state index in [0.717, 1.165) is 40.0 Å². The number of nitro benzene ring substituents is 1. The first kappa shape index (κ1) is 26.5. The minimum Gasteiger partial charge on any atom is -0.490 e. The van der Waals surface area contributed by atoms with Crippen LogP contribution in [0.1, 0.15) is 31.1 Å². The predicted octanol–water partition coefficient (Wildman–Crippen LogP) is 0.307. The Morgan fingerprint density at radius 1 is 1.03 bits per heavy atom. The van der Waals surface area contributed by atoms with Gasteiger partial charge in [0.05, 0.1) is 24.2 Å². The third kappa shape index (κ3) is 6.17. The van der Waals surface area contributed by atoms with Crippen molar-refractivity contribution < 1.29 is 57.6 Å². The third-order valence-electron chi connectivity index (χ3n) is 4.56. The molecule has 0 amide bonds. The molecule has 1 aliphatic heterocycles. The monoisotopic (exact) mass is 485 g/mol. The molecule has 2 rings (SSSR count). The molecular formula is C20H23NO13. The molecule has 0 radical (unpaired) electrons. The number of carbonyl (C=O) groups is 4. The normalized spacial score (nSPS) is 23.9. The number of carbonyl (C=O) groups excluding carboxylic acids is 4. The standard InChI is InChI=1S/C20H23NO13/c1-9(24)30-17-16(8-23)34-20(19(32-11(3)26)18(17)31-10(2)25)33-14-6-15(29-4)13(21(27)28)5-12(14)7-22/h5-7,16-20,23H,8H2,1-4H3/t16-,17-,18+,19-,20-/m1/s1. The summed E-state index contributed by atoms with van der Waals surface area (Å²) in [5.74, 6) is -2.99. The van der Waals surface area contributed by atoms with Gasteiger partial charge in [-0.15, -0.1) is 0 Å². The maximum absolute atomic E-state index is 11.8. The number of hydrogen-bond donors (Lipinski definition) is 1. The van der Waals surface area contributed by atoms with Crippen LogP contribution in [-0.4, -0.2) is 78.6 Å². The summed E-state index contributed by atoms with van der Waals surface area (Å²) in [6.07, 6.45) is -7.02. The molecule has 14 heteroatoms. The Morgan fingerprint density at radius 3 is 2.06 bits per heavy atom. The van der Waals surface area contributed by atoms with E-state index in [1.807, 2.05) is 0 Å². The number of aliphatic hydroxyl groups is 1. The molecule has 186 valence electrons. The average Bonchev–Trinajstić information content (AvgIpc) is 2.75. The van der Waals surface area contributed by atoms with Gasteiger partial charge >= 0.3 is 23.6 Å². The highest BCUT2D eigenvalue weighted by Gasteiger charge is 2.53. The molecule has 0 bridgehead atoms. The van der Waals surface area contributed by atoms with Crippen LogP contribution in [0.3, 0.4) is 0 Å². The summed E-state index contributed by atoms with van der Waals surface area (Å²) in [6.45, 7) is 2.45. The molecule has 1 N–H and O–H groups in total. The smallest absolute Gasteiger partial charge is 0.311 e. The van der Waals surface area contributed by atoms with Gasteiger partial charge in [-0.3, -0.25) is 29.3 Å². The molecule has 0 saturated carbocycles. The van der Waals surface area contributed by atoms with Crippen molar-refractivity contribution in [2.24, 2.45) is 0 Å². The van der Waals surface area contributed by atoms with E-state index in [4.69, 9.17) is 28.4 Å². The van der Waals surface area contributed by atoms with Crippen molar-refractivity contribution in [3.8, 4) is 11.5 Å². The van der Waals surface area contributed by atoms with Crippen molar-refractivity contribution in [2.75, 3.05) is 13.7 Å². The van der Waals surface area contributed by atoms with Crippen LogP contribution in [0.5, 0.6) is 11.5 Å². The molecule has 5 atom stereocenters. The Morgan fingerprint density at radius 2 is 1.59 bits per heavy atom. The van der Waals surface area contributed by atoms with E-state index in [-0.39, 0.29) is 23.3 Å². The fourth-order valence-electron chi connectivity index (χ4n) is 3.29. The summed E-state index contributed by atoms with van der Waals surface area (Å²) in [5.41, 5.74) is -0.789. The Kier molecular flexibility index (Phi) is 8.86. The molecule has 0 spiro atoms. The molecule has 0 unspecified atom stereocenters. The van der Waals surface area contributed by atoms with Crippen molar-refractivity contribution in [1.29, 1.82) is 0 Å². The van der Waals surface area contributed by atoms with Gasteiger partial charge in [0.15, 0.2) is 18.5 Å². The van der Waals surface area contributed by atoms with Gasteiger partial charge < -0.3 is 33.5 Å². The number of methoxy groups -OCH3 is 1. The molecule has 34 heavy (non-hydrogen) atoms. The molecule has 0 aliphatic carbocycles. The van der Waals surface area contributed by atoms with E-state index >= 15 is 0 Å². The highest BCUT2D eigenvalue weighted by atomic mass is 16.7. The zero-order chi connectivity index (χ0) is 25.6. The largest absolute Gasteiger partial charge is 0.490 e. The Hall–Kier alpha value is -3.78. The summed E-state index contributed by atoms with van der Waals surface area (Å²) >= 11 is 0. The van der Waals surface area contributed by atoms with E-state index < -0.39 is 65.8 Å². The number of rotatable bonds is 9. The van der Waals surface area contributed by atoms with Crippen molar-refractivity contribution >= 4 is 29.9 Å². The molecule has 1 aromatic carbocycles. The second kappa shape index (κ2) is 11.4. The third-order valence-corrected chi connectivity index (χ3v) is 4.56. The fourth-order valence-corrected chi connectivity index (χ4v) is 3.29. The zero-order valence-corrected chi connectivity index (χ0v) is 18.6. The van der Waals surface area contributed by atoms with Gasteiger partial charge in [-0.2, -0.15) is 0 Å². The molecule has 0 aromatic heterocycles. The van der Waals surface area contributed by atoms with E-state index in [2.05, 4.69) is 0 Å². The minimum absolute atomic E-state index is 0.251.